The van der Waals surface area contributed by atoms with Crippen LogP contribution >= 0.6 is 11.6 Å². The van der Waals surface area contributed by atoms with Crippen LogP contribution in [0.2, 0.25) is 5.02 Å². The molecule has 8 nitrogen and oxygen atoms in total. The number of aliphatic hydroxyl groups is 1. The molecule has 1 saturated carbocycles. The quantitative estimate of drug-likeness (QED) is 0.625. The molecule has 0 bridgehead atoms. The van der Waals surface area contributed by atoms with Crippen molar-refractivity contribution >= 4 is 39.8 Å². The predicted octanol–water partition coefficient (Wildman–Crippen LogP) is 3.69. The average Bonchev–Trinajstić information content (AvgIpc) is 3.42. The van der Waals surface area contributed by atoms with E-state index >= 15 is 0 Å². The zero-order valence-corrected chi connectivity index (χ0v) is 22.7. The zero-order chi connectivity index (χ0) is 26.0. The average molecular weight is 529 g/mol. The summed E-state index contributed by atoms with van der Waals surface area (Å²) in [5.41, 5.74) is 0.552. The highest BCUT2D eigenvalue weighted by molar-refractivity contribution is 6.34. The largest absolute Gasteiger partial charge is 0.389 e. The van der Waals surface area contributed by atoms with Crippen molar-refractivity contribution in [3.05, 3.63) is 29.4 Å². The summed E-state index contributed by atoms with van der Waals surface area (Å²) in [6.45, 7) is 11.3. The minimum Gasteiger partial charge on any atom is -0.389 e. The highest BCUT2D eigenvalue weighted by atomic mass is 35.5. The number of aliphatic hydroxyl groups excluding tert-OH is 1. The molecule has 3 saturated heterocycles. The Kier molecular flexibility index (Phi) is 6.20. The number of nitrogens with one attached hydrogen (secondary N) is 1. The number of hydrogen-bond acceptors (Lipinski definition) is 7. The van der Waals surface area contributed by atoms with Gasteiger partial charge in [-0.25, -0.2) is 4.98 Å². The van der Waals surface area contributed by atoms with Crippen LogP contribution in [-0.2, 0) is 14.3 Å². The second-order valence-electron chi connectivity index (χ2n) is 12.2. The molecule has 1 aromatic heterocycles. The summed E-state index contributed by atoms with van der Waals surface area (Å²) in [7, 11) is 0. The van der Waals surface area contributed by atoms with E-state index in [1.807, 2.05) is 12.1 Å². The third-order valence-electron chi connectivity index (χ3n) is 9.15. The molecule has 1 aromatic carbocycles. The van der Waals surface area contributed by atoms with Crippen LogP contribution in [0.3, 0.4) is 0 Å². The summed E-state index contributed by atoms with van der Waals surface area (Å²) in [5.74, 6) is 0.657. The molecule has 200 valence electrons. The van der Waals surface area contributed by atoms with E-state index in [9.17, 15) is 9.90 Å². The minimum atomic E-state index is -0.465. The van der Waals surface area contributed by atoms with E-state index in [0.29, 0.717) is 24.1 Å². The van der Waals surface area contributed by atoms with Gasteiger partial charge in [0.05, 0.1) is 41.2 Å². The topological polar surface area (TPSA) is 87.2 Å². The molecule has 0 unspecified atom stereocenters. The van der Waals surface area contributed by atoms with Gasteiger partial charge in [0.1, 0.15) is 5.82 Å². The summed E-state index contributed by atoms with van der Waals surface area (Å²) in [6, 6.07) is 5.99. The van der Waals surface area contributed by atoms with Crippen molar-refractivity contribution in [2.75, 3.05) is 56.2 Å². The number of benzene rings is 1. The van der Waals surface area contributed by atoms with Gasteiger partial charge in [-0.2, -0.15) is 0 Å². The Balaban J connectivity index is 1.15. The molecule has 9 heteroatoms. The number of rotatable bonds is 4. The van der Waals surface area contributed by atoms with Gasteiger partial charge >= 0.3 is 0 Å². The number of piperazine rings is 1. The Hall–Kier alpha value is -1.97. The Morgan fingerprint density at radius 2 is 1.95 bits per heavy atom. The number of fused-ring (bicyclic) bond motifs is 1. The maximum absolute atomic E-state index is 13.1. The first-order valence-electron chi connectivity index (χ1n) is 13.4. The summed E-state index contributed by atoms with van der Waals surface area (Å²) >= 11 is 6.71. The first kappa shape index (κ1) is 25.3. The maximum Gasteiger partial charge on any atom is 0.229 e. The number of halogens is 1. The van der Waals surface area contributed by atoms with E-state index in [-0.39, 0.29) is 28.4 Å². The van der Waals surface area contributed by atoms with Gasteiger partial charge in [0, 0.05) is 50.3 Å². The van der Waals surface area contributed by atoms with Gasteiger partial charge in [-0.05, 0) is 69.0 Å². The molecule has 1 aliphatic carbocycles. The van der Waals surface area contributed by atoms with Crippen molar-refractivity contribution in [1.82, 2.24) is 9.88 Å². The van der Waals surface area contributed by atoms with Crippen LogP contribution < -0.4 is 10.2 Å². The summed E-state index contributed by atoms with van der Waals surface area (Å²) in [4.78, 5) is 22.2. The third kappa shape index (κ3) is 4.61. The molecule has 37 heavy (non-hydrogen) atoms. The lowest BCUT2D eigenvalue weighted by Crippen LogP contribution is -2.60. The number of pyridine rings is 1. The van der Waals surface area contributed by atoms with Gasteiger partial charge in [-0.15, -0.1) is 0 Å². The monoisotopic (exact) mass is 528 g/mol. The lowest BCUT2D eigenvalue weighted by atomic mass is 9.83. The normalized spacial score (nSPS) is 33.7. The predicted molar refractivity (Wildman–Crippen MR) is 144 cm³/mol. The molecule has 3 aliphatic heterocycles. The van der Waals surface area contributed by atoms with Crippen LogP contribution in [0.25, 0.3) is 10.8 Å². The minimum absolute atomic E-state index is 0.0240. The summed E-state index contributed by atoms with van der Waals surface area (Å²) < 4.78 is 11.4. The van der Waals surface area contributed by atoms with Gasteiger partial charge in [0.15, 0.2) is 0 Å². The fraction of sp³-hybridized carbons (Fsp3) is 0.643. The van der Waals surface area contributed by atoms with Crippen LogP contribution in [-0.4, -0.2) is 84.1 Å². The van der Waals surface area contributed by atoms with Crippen molar-refractivity contribution in [3.63, 3.8) is 0 Å². The molecule has 6 rings (SSSR count). The maximum atomic E-state index is 13.1. The van der Waals surface area contributed by atoms with Crippen LogP contribution in [0.4, 0.5) is 11.5 Å². The lowest BCUT2D eigenvalue weighted by Gasteiger charge is -2.45. The van der Waals surface area contributed by atoms with Crippen LogP contribution in [0.15, 0.2) is 24.4 Å². The van der Waals surface area contributed by atoms with Gasteiger partial charge < -0.3 is 24.8 Å². The van der Waals surface area contributed by atoms with Gasteiger partial charge in [0.25, 0.3) is 0 Å². The molecule has 4 atom stereocenters. The highest BCUT2D eigenvalue weighted by Gasteiger charge is 2.61. The molecular formula is C28H37ClN4O4. The van der Waals surface area contributed by atoms with E-state index in [0.717, 1.165) is 68.5 Å². The number of hydrogen-bond donors (Lipinski definition) is 2. The Morgan fingerprint density at radius 1 is 1.16 bits per heavy atom. The standard InChI is InChI=1S/C28H37ClN4O4/c1-26(2)16-28(4-9-37-26)13-20(28)25(35)31-24-12-18-11-22(21(29)10-19(18)14-30-24)32-5-7-33(8-6-32)27(3)17-36-15-23(27)34/h10-12,14,20,23,34H,4-9,13,15-17H2,1-3H3,(H,30,31,35)/t20-,23-,27+,28-/m1/s1. The van der Waals surface area contributed by atoms with Gasteiger partial charge in [0.2, 0.25) is 5.91 Å². The molecule has 4 heterocycles. The first-order valence-corrected chi connectivity index (χ1v) is 13.8. The van der Waals surface area contributed by atoms with E-state index in [4.69, 9.17) is 21.1 Å². The van der Waals surface area contributed by atoms with Gasteiger partial charge in [-0.1, -0.05) is 11.6 Å². The molecule has 4 fully saturated rings. The van der Waals surface area contributed by atoms with E-state index in [2.05, 4.69) is 46.9 Å². The van der Waals surface area contributed by atoms with Crippen molar-refractivity contribution in [3.8, 4) is 0 Å². The van der Waals surface area contributed by atoms with E-state index in [1.165, 1.54) is 0 Å². The number of carbonyl (C=O) groups is 1. The fourth-order valence-electron chi connectivity index (χ4n) is 6.80. The van der Waals surface area contributed by atoms with Crippen molar-refractivity contribution in [1.29, 1.82) is 0 Å². The van der Waals surface area contributed by atoms with Crippen LogP contribution in [0.5, 0.6) is 0 Å². The van der Waals surface area contributed by atoms with Crippen LogP contribution in [0, 0.1) is 11.3 Å². The van der Waals surface area contributed by atoms with Crippen molar-refractivity contribution in [2.24, 2.45) is 11.3 Å². The number of anilines is 2. The Bertz CT molecular complexity index is 1220. The van der Waals surface area contributed by atoms with Crippen molar-refractivity contribution < 1.29 is 19.4 Å². The zero-order valence-electron chi connectivity index (χ0n) is 21.9. The number of ether oxygens (including phenoxy) is 2. The molecule has 1 amide bonds. The van der Waals surface area contributed by atoms with Gasteiger partial charge in [-0.3, -0.25) is 9.69 Å². The molecule has 2 aromatic rings. The number of aromatic nitrogens is 1. The summed E-state index contributed by atoms with van der Waals surface area (Å²) in [5, 5.41) is 16.1. The first-order chi connectivity index (χ1) is 17.6. The number of carbonyl (C=O) groups excluding carboxylic acids is 1. The summed E-state index contributed by atoms with van der Waals surface area (Å²) in [6.07, 6.45) is 4.10. The van der Waals surface area contributed by atoms with E-state index < -0.39 is 6.10 Å². The smallest absolute Gasteiger partial charge is 0.229 e. The third-order valence-corrected chi connectivity index (χ3v) is 9.45. The second kappa shape index (κ2) is 9.06. The van der Waals surface area contributed by atoms with Crippen molar-refractivity contribution in [2.45, 2.75) is 57.3 Å². The second-order valence-corrected chi connectivity index (χ2v) is 12.6. The highest BCUT2D eigenvalue weighted by Crippen LogP contribution is 2.62. The number of nitrogens with zero attached hydrogens (tertiary/aromatic N) is 3. The Labute approximate surface area is 223 Å². The van der Waals surface area contributed by atoms with E-state index in [1.54, 1.807) is 6.20 Å². The molecular weight excluding hydrogens is 492 g/mol. The fourth-order valence-corrected chi connectivity index (χ4v) is 7.09. The number of amides is 1. The molecule has 1 spiro atoms. The molecule has 0 radical (unpaired) electrons. The molecule has 4 aliphatic rings. The Morgan fingerprint density at radius 3 is 2.65 bits per heavy atom. The lowest BCUT2D eigenvalue weighted by molar-refractivity contribution is -0.120. The SMILES string of the molecule is CC1(C)C[C@@]2(CCO1)C[C@@H]2C(=O)Nc1cc2cc(N3CCN([C@@]4(C)COC[C@H]4O)CC3)c(Cl)cc2cn1. The van der Waals surface area contributed by atoms with Crippen LogP contribution in [0.1, 0.15) is 40.0 Å². The molecule has 2 N–H and O–H groups in total.